The maximum Gasteiger partial charge on any atom is 0.255 e. The molecule has 0 saturated heterocycles. The van der Waals surface area contributed by atoms with Crippen LogP contribution in [0.1, 0.15) is 15.9 Å². The minimum absolute atomic E-state index is 0.0248. The number of carbonyl (C=O) groups excluding carboxylic acids is 1. The van der Waals surface area contributed by atoms with Crippen molar-refractivity contribution in [1.29, 1.82) is 5.26 Å². The number of hydrogen-bond donors (Lipinski definition) is 1. The van der Waals surface area contributed by atoms with Crippen molar-refractivity contribution in [3.05, 3.63) is 59.4 Å². The highest BCUT2D eigenvalue weighted by Crippen LogP contribution is 2.18. The summed E-state index contributed by atoms with van der Waals surface area (Å²) >= 11 is 0. The van der Waals surface area contributed by atoms with Gasteiger partial charge >= 0.3 is 0 Å². The number of ether oxygens (including phenoxy) is 1. The van der Waals surface area contributed by atoms with E-state index < -0.39 is 11.7 Å². The zero-order valence-electron chi connectivity index (χ0n) is 10.7. The van der Waals surface area contributed by atoms with Crippen LogP contribution in [0.25, 0.3) is 0 Å². The molecule has 0 fully saturated rings. The summed E-state index contributed by atoms with van der Waals surface area (Å²) in [5.74, 6) is -0.564. The molecule has 0 spiro atoms. The number of anilines is 1. The Kier molecular flexibility index (Phi) is 3.96. The second-order valence-electron chi connectivity index (χ2n) is 3.99. The summed E-state index contributed by atoms with van der Waals surface area (Å²) in [4.78, 5) is 12.0. The van der Waals surface area contributed by atoms with E-state index in [-0.39, 0.29) is 11.3 Å². The SMILES string of the molecule is COc1cccc(C(=O)Nc2ccc(C#N)cc2F)c1. The van der Waals surface area contributed by atoms with Gasteiger partial charge < -0.3 is 10.1 Å². The molecule has 0 bridgehead atoms. The average molecular weight is 270 g/mol. The van der Waals surface area contributed by atoms with E-state index in [1.165, 1.54) is 19.2 Å². The molecule has 0 aliphatic heterocycles. The fourth-order valence-corrected chi connectivity index (χ4v) is 1.64. The van der Waals surface area contributed by atoms with Gasteiger partial charge in [-0.05, 0) is 36.4 Å². The quantitative estimate of drug-likeness (QED) is 0.932. The summed E-state index contributed by atoms with van der Waals surface area (Å²) in [6.45, 7) is 0. The first-order valence-electron chi connectivity index (χ1n) is 5.79. The van der Waals surface area contributed by atoms with Gasteiger partial charge in [0.1, 0.15) is 11.6 Å². The van der Waals surface area contributed by atoms with E-state index in [0.29, 0.717) is 11.3 Å². The summed E-state index contributed by atoms with van der Waals surface area (Å²) in [6.07, 6.45) is 0. The zero-order chi connectivity index (χ0) is 14.5. The van der Waals surface area contributed by atoms with Crippen LogP contribution in [0.15, 0.2) is 42.5 Å². The molecule has 0 unspecified atom stereocenters. The van der Waals surface area contributed by atoms with Crippen molar-refractivity contribution in [1.82, 2.24) is 0 Å². The van der Waals surface area contributed by atoms with Crippen molar-refractivity contribution >= 4 is 11.6 Å². The highest BCUT2D eigenvalue weighted by Gasteiger charge is 2.10. The molecule has 0 saturated carbocycles. The van der Waals surface area contributed by atoms with Gasteiger partial charge in [-0.15, -0.1) is 0 Å². The van der Waals surface area contributed by atoms with Gasteiger partial charge in [0.2, 0.25) is 0 Å². The standard InChI is InChI=1S/C15H11FN2O2/c1-20-12-4-2-3-11(8-12)15(19)18-14-6-5-10(9-17)7-13(14)16/h2-8H,1H3,(H,18,19). The monoisotopic (exact) mass is 270 g/mol. The lowest BCUT2D eigenvalue weighted by atomic mass is 10.1. The van der Waals surface area contributed by atoms with Gasteiger partial charge in [-0.2, -0.15) is 5.26 Å². The van der Waals surface area contributed by atoms with Crippen molar-refractivity contribution in [2.24, 2.45) is 0 Å². The van der Waals surface area contributed by atoms with Gasteiger partial charge in [0, 0.05) is 5.56 Å². The second kappa shape index (κ2) is 5.85. The fraction of sp³-hybridized carbons (Fsp3) is 0.0667. The average Bonchev–Trinajstić information content (AvgIpc) is 2.49. The molecule has 100 valence electrons. The van der Waals surface area contributed by atoms with Crippen LogP contribution in [0.3, 0.4) is 0 Å². The van der Waals surface area contributed by atoms with Gasteiger partial charge in [0.25, 0.3) is 5.91 Å². The van der Waals surface area contributed by atoms with Crippen LogP contribution in [0.4, 0.5) is 10.1 Å². The van der Waals surface area contributed by atoms with Crippen molar-refractivity contribution < 1.29 is 13.9 Å². The molecule has 20 heavy (non-hydrogen) atoms. The van der Waals surface area contributed by atoms with Crippen LogP contribution >= 0.6 is 0 Å². The first-order chi connectivity index (χ1) is 9.63. The highest BCUT2D eigenvalue weighted by atomic mass is 19.1. The van der Waals surface area contributed by atoms with E-state index >= 15 is 0 Å². The largest absolute Gasteiger partial charge is 0.497 e. The van der Waals surface area contributed by atoms with Crippen LogP contribution in [0, 0.1) is 17.1 Å². The minimum atomic E-state index is -0.653. The number of amides is 1. The number of benzene rings is 2. The number of nitrogens with one attached hydrogen (secondary N) is 1. The van der Waals surface area contributed by atoms with E-state index in [0.717, 1.165) is 6.07 Å². The Bertz CT molecular complexity index is 693. The van der Waals surface area contributed by atoms with E-state index in [1.54, 1.807) is 24.3 Å². The Morgan fingerprint density at radius 2 is 2.10 bits per heavy atom. The van der Waals surface area contributed by atoms with Crippen molar-refractivity contribution in [3.63, 3.8) is 0 Å². The molecule has 1 N–H and O–H groups in total. The summed E-state index contributed by atoms with van der Waals surface area (Å²) in [7, 11) is 1.50. The number of rotatable bonds is 3. The maximum atomic E-state index is 13.7. The van der Waals surface area contributed by atoms with Gasteiger partial charge in [0.15, 0.2) is 0 Å². The second-order valence-corrected chi connectivity index (χ2v) is 3.99. The normalized spacial score (nSPS) is 9.65. The Labute approximate surface area is 115 Å². The van der Waals surface area contributed by atoms with Gasteiger partial charge in [-0.3, -0.25) is 4.79 Å². The van der Waals surface area contributed by atoms with E-state index in [4.69, 9.17) is 10.00 Å². The predicted octanol–water partition coefficient (Wildman–Crippen LogP) is 2.96. The third kappa shape index (κ3) is 2.93. The van der Waals surface area contributed by atoms with Crippen molar-refractivity contribution in [2.75, 3.05) is 12.4 Å². The lowest BCUT2D eigenvalue weighted by molar-refractivity contribution is 0.102. The summed E-state index contributed by atoms with van der Waals surface area (Å²) < 4.78 is 18.7. The maximum absolute atomic E-state index is 13.7. The molecule has 2 rings (SSSR count). The van der Waals surface area contributed by atoms with Crippen molar-refractivity contribution in [3.8, 4) is 11.8 Å². The molecular weight excluding hydrogens is 259 g/mol. The summed E-state index contributed by atoms with van der Waals surface area (Å²) in [6, 6.07) is 12.2. The van der Waals surface area contributed by atoms with Crippen LogP contribution in [0.5, 0.6) is 5.75 Å². The molecule has 5 heteroatoms. The highest BCUT2D eigenvalue weighted by molar-refractivity contribution is 6.04. The molecule has 0 aliphatic carbocycles. The first kappa shape index (κ1) is 13.6. The Balaban J connectivity index is 2.21. The van der Waals surface area contributed by atoms with E-state index in [9.17, 15) is 9.18 Å². The van der Waals surface area contributed by atoms with Gasteiger partial charge in [-0.25, -0.2) is 4.39 Å². The zero-order valence-corrected chi connectivity index (χ0v) is 10.7. The Morgan fingerprint density at radius 1 is 1.30 bits per heavy atom. The fourth-order valence-electron chi connectivity index (χ4n) is 1.64. The smallest absolute Gasteiger partial charge is 0.255 e. The molecule has 0 heterocycles. The number of methoxy groups -OCH3 is 1. The number of nitriles is 1. The molecule has 2 aromatic rings. The molecule has 0 aliphatic rings. The Morgan fingerprint density at radius 3 is 2.75 bits per heavy atom. The number of hydrogen-bond acceptors (Lipinski definition) is 3. The number of carbonyl (C=O) groups is 1. The lowest BCUT2D eigenvalue weighted by Crippen LogP contribution is -2.13. The van der Waals surface area contributed by atoms with Crippen LogP contribution in [-0.2, 0) is 0 Å². The molecule has 0 aromatic heterocycles. The third-order valence-corrected chi connectivity index (χ3v) is 2.68. The lowest BCUT2D eigenvalue weighted by Gasteiger charge is -2.07. The first-order valence-corrected chi connectivity index (χ1v) is 5.79. The van der Waals surface area contributed by atoms with Crippen LogP contribution < -0.4 is 10.1 Å². The molecule has 0 radical (unpaired) electrons. The predicted molar refractivity (Wildman–Crippen MR) is 72.1 cm³/mol. The van der Waals surface area contributed by atoms with Crippen molar-refractivity contribution in [2.45, 2.75) is 0 Å². The minimum Gasteiger partial charge on any atom is -0.497 e. The van der Waals surface area contributed by atoms with E-state index in [1.807, 2.05) is 6.07 Å². The van der Waals surface area contributed by atoms with Crippen LogP contribution in [0.2, 0.25) is 0 Å². The molecular formula is C15H11FN2O2. The molecule has 1 amide bonds. The summed E-state index contributed by atoms with van der Waals surface area (Å²) in [5, 5.41) is 11.1. The van der Waals surface area contributed by atoms with Crippen LogP contribution in [-0.4, -0.2) is 13.0 Å². The van der Waals surface area contributed by atoms with Gasteiger partial charge in [0.05, 0.1) is 24.4 Å². The topological polar surface area (TPSA) is 62.1 Å². The summed E-state index contributed by atoms with van der Waals surface area (Å²) in [5.41, 5.74) is 0.576. The van der Waals surface area contributed by atoms with E-state index in [2.05, 4.69) is 5.32 Å². The molecule has 0 atom stereocenters. The Hall–Kier alpha value is -2.87. The molecule has 4 nitrogen and oxygen atoms in total. The third-order valence-electron chi connectivity index (χ3n) is 2.68. The van der Waals surface area contributed by atoms with Gasteiger partial charge in [-0.1, -0.05) is 6.07 Å². The molecule has 2 aromatic carbocycles. The number of nitrogens with zero attached hydrogens (tertiary/aromatic N) is 1. The number of halogens is 1.